The third-order valence-corrected chi connectivity index (χ3v) is 4.17. The molecule has 0 N–H and O–H groups in total. The summed E-state index contributed by atoms with van der Waals surface area (Å²) in [4.78, 5) is 4.78. The molecule has 0 spiro atoms. The standard InChI is InChI=1S/C15H8F3N5OS/c16-15(17,18)24-10-6-4-9(5-7-10)13-22-23-12(20-21-14(23)25-13)11-3-1-2-8-19-11/h1-8H. The largest absolute Gasteiger partial charge is 0.573 e. The first kappa shape index (κ1) is 15.5. The van der Waals surface area contributed by atoms with E-state index in [0.717, 1.165) is 0 Å². The Morgan fingerprint density at radius 2 is 1.80 bits per heavy atom. The summed E-state index contributed by atoms with van der Waals surface area (Å²) in [7, 11) is 0. The Bertz CT molecular complexity index is 1010. The van der Waals surface area contributed by atoms with Crippen LogP contribution < -0.4 is 4.74 Å². The summed E-state index contributed by atoms with van der Waals surface area (Å²) in [5.74, 6) is 0.212. The predicted molar refractivity (Wildman–Crippen MR) is 84.0 cm³/mol. The lowest BCUT2D eigenvalue weighted by Gasteiger charge is -2.08. The molecule has 1 aromatic carbocycles. The van der Waals surface area contributed by atoms with Crippen LogP contribution in [0.2, 0.25) is 0 Å². The molecule has 0 radical (unpaired) electrons. The van der Waals surface area contributed by atoms with Crippen LogP contribution in [-0.2, 0) is 0 Å². The van der Waals surface area contributed by atoms with Crippen molar-refractivity contribution in [1.29, 1.82) is 0 Å². The van der Waals surface area contributed by atoms with Gasteiger partial charge in [0.25, 0.3) is 0 Å². The van der Waals surface area contributed by atoms with E-state index in [-0.39, 0.29) is 5.75 Å². The van der Waals surface area contributed by atoms with E-state index in [1.807, 2.05) is 6.07 Å². The lowest BCUT2D eigenvalue weighted by molar-refractivity contribution is -0.274. The molecule has 0 unspecified atom stereocenters. The summed E-state index contributed by atoms with van der Waals surface area (Å²) in [6.07, 6.45) is -3.07. The maximum absolute atomic E-state index is 12.2. The zero-order valence-electron chi connectivity index (χ0n) is 12.3. The molecule has 25 heavy (non-hydrogen) atoms. The molecule has 126 valence electrons. The highest BCUT2D eigenvalue weighted by Gasteiger charge is 2.31. The third kappa shape index (κ3) is 3.15. The van der Waals surface area contributed by atoms with Gasteiger partial charge in [0.1, 0.15) is 16.5 Å². The quantitative estimate of drug-likeness (QED) is 0.554. The van der Waals surface area contributed by atoms with Crippen molar-refractivity contribution in [3.8, 4) is 27.8 Å². The van der Waals surface area contributed by atoms with Gasteiger partial charge in [-0.25, -0.2) is 0 Å². The van der Waals surface area contributed by atoms with Crippen molar-refractivity contribution in [1.82, 2.24) is 24.8 Å². The monoisotopic (exact) mass is 363 g/mol. The molecule has 6 nitrogen and oxygen atoms in total. The zero-order valence-corrected chi connectivity index (χ0v) is 13.1. The van der Waals surface area contributed by atoms with E-state index in [1.54, 1.807) is 22.8 Å². The maximum atomic E-state index is 12.2. The van der Waals surface area contributed by atoms with Crippen LogP contribution >= 0.6 is 11.3 Å². The van der Waals surface area contributed by atoms with E-state index in [2.05, 4.69) is 25.0 Å². The average Bonchev–Trinajstić information content (AvgIpc) is 3.15. The molecule has 4 rings (SSSR count). The second-order valence-corrected chi connectivity index (χ2v) is 5.87. The summed E-state index contributed by atoms with van der Waals surface area (Å²) >= 11 is 1.27. The molecule has 0 aliphatic heterocycles. The van der Waals surface area contributed by atoms with Crippen LogP contribution in [0.15, 0.2) is 48.7 Å². The number of fused-ring (bicyclic) bond motifs is 1. The Kier molecular flexibility index (Phi) is 3.61. The molecule has 4 aromatic rings. The minimum atomic E-state index is -4.72. The van der Waals surface area contributed by atoms with Crippen molar-refractivity contribution in [3.05, 3.63) is 48.7 Å². The highest BCUT2D eigenvalue weighted by Crippen LogP contribution is 2.30. The number of ether oxygens (including phenoxy) is 1. The van der Waals surface area contributed by atoms with Crippen LogP contribution in [0.25, 0.3) is 27.1 Å². The summed E-state index contributed by atoms with van der Waals surface area (Å²) in [5.41, 5.74) is 1.28. The zero-order chi connectivity index (χ0) is 17.4. The van der Waals surface area contributed by atoms with Gasteiger partial charge in [0.15, 0.2) is 0 Å². The van der Waals surface area contributed by atoms with E-state index in [4.69, 9.17) is 0 Å². The van der Waals surface area contributed by atoms with Crippen LogP contribution in [-0.4, -0.2) is 31.2 Å². The topological polar surface area (TPSA) is 65.2 Å². The Morgan fingerprint density at radius 3 is 2.48 bits per heavy atom. The van der Waals surface area contributed by atoms with Crippen molar-refractivity contribution in [2.75, 3.05) is 0 Å². The minimum Gasteiger partial charge on any atom is -0.406 e. The summed E-state index contributed by atoms with van der Waals surface area (Å²) in [5, 5.41) is 13.2. The van der Waals surface area contributed by atoms with E-state index in [0.29, 0.717) is 27.1 Å². The van der Waals surface area contributed by atoms with E-state index in [1.165, 1.54) is 35.6 Å². The van der Waals surface area contributed by atoms with Crippen LogP contribution in [0, 0.1) is 0 Å². The van der Waals surface area contributed by atoms with Crippen molar-refractivity contribution in [2.24, 2.45) is 0 Å². The fourth-order valence-corrected chi connectivity index (χ4v) is 3.03. The van der Waals surface area contributed by atoms with Gasteiger partial charge in [-0.3, -0.25) is 4.98 Å². The first-order valence-electron chi connectivity index (χ1n) is 6.99. The van der Waals surface area contributed by atoms with Crippen LogP contribution in [0.4, 0.5) is 13.2 Å². The molecule has 0 amide bonds. The smallest absolute Gasteiger partial charge is 0.406 e. The highest BCUT2D eigenvalue weighted by molar-refractivity contribution is 7.19. The fourth-order valence-electron chi connectivity index (χ4n) is 2.19. The molecule has 0 saturated heterocycles. The van der Waals surface area contributed by atoms with Crippen LogP contribution in [0.5, 0.6) is 5.75 Å². The number of benzene rings is 1. The Balaban J connectivity index is 1.67. The summed E-state index contributed by atoms with van der Waals surface area (Å²) in [6.45, 7) is 0. The Morgan fingerprint density at radius 1 is 1.00 bits per heavy atom. The number of pyridine rings is 1. The van der Waals surface area contributed by atoms with Gasteiger partial charge in [-0.1, -0.05) is 17.4 Å². The molecule has 0 aliphatic carbocycles. The Hall–Kier alpha value is -3.01. The first-order chi connectivity index (χ1) is 12.0. The number of hydrogen-bond donors (Lipinski definition) is 0. The van der Waals surface area contributed by atoms with Crippen molar-refractivity contribution >= 4 is 16.3 Å². The average molecular weight is 363 g/mol. The van der Waals surface area contributed by atoms with Gasteiger partial charge in [-0.05, 0) is 36.4 Å². The van der Waals surface area contributed by atoms with Gasteiger partial charge >= 0.3 is 6.36 Å². The second-order valence-electron chi connectivity index (χ2n) is 4.91. The predicted octanol–water partition coefficient (Wildman–Crippen LogP) is 3.81. The van der Waals surface area contributed by atoms with Gasteiger partial charge < -0.3 is 4.74 Å². The lowest BCUT2D eigenvalue weighted by Crippen LogP contribution is -2.16. The molecule has 10 heteroatoms. The second kappa shape index (κ2) is 5.81. The molecule has 3 aromatic heterocycles. The molecule has 0 atom stereocenters. The first-order valence-corrected chi connectivity index (χ1v) is 7.81. The molecule has 0 aliphatic rings. The minimum absolute atomic E-state index is 0.284. The van der Waals surface area contributed by atoms with Crippen molar-refractivity contribution < 1.29 is 17.9 Å². The molecular formula is C15H8F3N5OS. The number of nitrogens with zero attached hydrogens (tertiary/aromatic N) is 5. The van der Waals surface area contributed by atoms with E-state index < -0.39 is 6.36 Å². The number of rotatable bonds is 3. The van der Waals surface area contributed by atoms with Gasteiger partial charge in [-0.15, -0.1) is 23.4 Å². The van der Waals surface area contributed by atoms with Crippen molar-refractivity contribution in [2.45, 2.75) is 6.36 Å². The van der Waals surface area contributed by atoms with Gasteiger partial charge in [0.05, 0.1) is 0 Å². The molecule has 3 heterocycles. The highest BCUT2D eigenvalue weighted by atomic mass is 32.1. The molecule has 0 fully saturated rings. The fraction of sp³-hybridized carbons (Fsp3) is 0.0667. The third-order valence-electron chi connectivity index (χ3n) is 3.22. The molecule has 0 bridgehead atoms. The molecule has 0 saturated carbocycles. The number of alkyl halides is 3. The van der Waals surface area contributed by atoms with E-state index in [9.17, 15) is 13.2 Å². The normalized spacial score (nSPS) is 11.8. The summed E-state index contributed by atoms with van der Waals surface area (Å²) < 4.78 is 42.1. The molecular weight excluding hydrogens is 355 g/mol. The number of aromatic nitrogens is 5. The lowest BCUT2D eigenvalue weighted by atomic mass is 10.2. The SMILES string of the molecule is FC(F)(F)Oc1ccc(-c2nn3c(-c4ccccn4)nnc3s2)cc1. The maximum Gasteiger partial charge on any atom is 0.573 e. The van der Waals surface area contributed by atoms with Gasteiger partial charge in [-0.2, -0.15) is 9.61 Å². The Labute approximate surface area is 142 Å². The van der Waals surface area contributed by atoms with Crippen LogP contribution in [0.1, 0.15) is 0 Å². The number of halogens is 3. The van der Waals surface area contributed by atoms with Crippen molar-refractivity contribution in [3.63, 3.8) is 0 Å². The van der Waals surface area contributed by atoms with E-state index >= 15 is 0 Å². The number of hydrogen-bond acceptors (Lipinski definition) is 6. The van der Waals surface area contributed by atoms with Crippen LogP contribution in [0.3, 0.4) is 0 Å². The summed E-state index contributed by atoms with van der Waals surface area (Å²) in [6, 6.07) is 10.9. The van der Waals surface area contributed by atoms with Gasteiger partial charge in [0, 0.05) is 11.8 Å². The van der Waals surface area contributed by atoms with Gasteiger partial charge in [0.2, 0.25) is 10.8 Å².